The Balaban J connectivity index is 2.48. The largest absolute Gasteiger partial charge is 0.382 e. The van der Waals surface area contributed by atoms with Crippen LogP contribution in [-0.2, 0) is 4.74 Å². The van der Waals surface area contributed by atoms with Gasteiger partial charge in [0.25, 0.3) is 0 Å². The number of thiocarbonyl (C=S) groups is 1. The molecule has 0 atom stereocenters. The molecule has 0 aliphatic carbocycles. The molecule has 1 N–H and O–H groups in total. The van der Waals surface area contributed by atoms with Crippen LogP contribution in [0, 0.1) is 0 Å². The Morgan fingerprint density at radius 2 is 1.95 bits per heavy atom. The third-order valence-corrected chi connectivity index (χ3v) is 3.36. The lowest BCUT2D eigenvalue weighted by Gasteiger charge is -2.26. The number of para-hydroxylation sites is 1. The Labute approximate surface area is 128 Å². The van der Waals surface area contributed by atoms with E-state index >= 15 is 0 Å². The van der Waals surface area contributed by atoms with E-state index in [1.54, 1.807) is 0 Å². The topological polar surface area (TPSA) is 24.5 Å². The fraction of sp³-hybridized carbons (Fsp3) is 0.562. The Kier molecular flexibility index (Phi) is 9.00. The van der Waals surface area contributed by atoms with Crippen LogP contribution in [0.15, 0.2) is 30.3 Å². The summed E-state index contributed by atoms with van der Waals surface area (Å²) in [5.41, 5.74) is 1.16. The Hall–Kier alpha value is -1.13. The zero-order chi connectivity index (χ0) is 14.6. The predicted octanol–water partition coefficient (Wildman–Crippen LogP) is 3.59. The normalized spacial score (nSPS) is 10.3. The van der Waals surface area contributed by atoms with Crippen molar-refractivity contribution >= 4 is 23.0 Å². The van der Waals surface area contributed by atoms with Crippen LogP contribution in [-0.4, -0.2) is 31.4 Å². The average Bonchev–Trinajstić information content (AvgIpc) is 2.48. The van der Waals surface area contributed by atoms with Gasteiger partial charge in [-0.3, -0.25) is 0 Å². The van der Waals surface area contributed by atoms with E-state index in [1.807, 2.05) is 25.1 Å². The molecule has 0 saturated heterocycles. The van der Waals surface area contributed by atoms with Gasteiger partial charge in [-0.15, -0.1) is 0 Å². The number of rotatable bonds is 9. The van der Waals surface area contributed by atoms with Gasteiger partial charge in [0.05, 0.1) is 0 Å². The molecule has 0 amide bonds. The molecule has 1 rings (SSSR count). The smallest absolute Gasteiger partial charge is 0.173 e. The van der Waals surface area contributed by atoms with Crippen LogP contribution < -0.4 is 10.2 Å². The van der Waals surface area contributed by atoms with Crippen LogP contribution in [0.5, 0.6) is 0 Å². The van der Waals surface area contributed by atoms with Gasteiger partial charge in [0.1, 0.15) is 0 Å². The van der Waals surface area contributed by atoms with E-state index in [-0.39, 0.29) is 0 Å². The van der Waals surface area contributed by atoms with Crippen molar-refractivity contribution in [2.24, 2.45) is 0 Å². The van der Waals surface area contributed by atoms with E-state index in [9.17, 15) is 0 Å². The van der Waals surface area contributed by atoms with Crippen LogP contribution in [0.3, 0.4) is 0 Å². The van der Waals surface area contributed by atoms with Gasteiger partial charge >= 0.3 is 0 Å². The number of benzene rings is 1. The Bertz CT molecular complexity index is 370. The van der Waals surface area contributed by atoms with Gasteiger partial charge in [-0.25, -0.2) is 0 Å². The fourth-order valence-corrected chi connectivity index (χ4v) is 2.18. The summed E-state index contributed by atoms with van der Waals surface area (Å²) >= 11 is 5.52. The molecule has 0 saturated carbocycles. The Morgan fingerprint density at radius 1 is 1.20 bits per heavy atom. The molecule has 0 aromatic heterocycles. The summed E-state index contributed by atoms with van der Waals surface area (Å²) in [6.07, 6.45) is 3.27. The zero-order valence-corrected chi connectivity index (χ0v) is 13.4. The second kappa shape index (κ2) is 10.6. The van der Waals surface area contributed by atoms with E-state index in [1.165, 1.54) is 0 Å². The minimum Gasteiger partial charge on any atom is -0.382 e. The van der Waals surface area contributed by atoms with Crippen LogP contribution in [0.2, 0.25) is 0 Å². The van der Waals surface area contributed by atoms with E-state index in [2.05, 4.69) is 29.3 Å². The van der Waals surface area contributed by atoms with Crippen molar-refractivity contribution in [2.75, 3.05) is 31.2 Å². The number of hydrogen-bond donors (Lipinski definition) is 1. The number of nitrogens with zero attached hydrogens (tertiary/aromatic N) is 1. The first kappa shape index (κ1) is 16.9. The van der Waals surface area contributed by atoms with Crippen molar-refractivity contribution in [1.29, 1.82) is 0 Å². The first-order valence-electron chi connectivity index (χ1n) is 7.47. The van der Waals surface area contributed by atoms with Gasteiger partial charge in [0.15, 0.2) is 5.11 Å². The second-order valence-corrected chi connectivity index (χ2v) is 5.01. The summed E-state index contributed by atoms with van der Waals surface area (Å²) in [7, 11) is 0. The third-order valence-electron chi connectivity index (χ3n) is 2.99. The molecule has 112 valence electrons. The molecule has 0 unspecified atom stereocenters. The lowest BCUT2D eigenvalue weighted by Crippen LogP contribution is -2.41. The van der Waals surface area contributed by atoms with E-state index in [4.69, 9.17) is 17.0 Å². The SMILES string of the molecule is CCCCN(C(=S)NCCCOCC)c1ccccc1. The molecular weight excluding hydrogens is 268 g/mol. The minimum absolute atomic E-state index is 0.775. The highest BCUT2D eigenvalue weighted by Crippen LogP contribution is 2.14. The van der Waals surface area contributed by atoms with Gasteiger partial charge in [0, 0.05) is 32.0 Å². The molecule has 3 nitrogen and oxygen atoms in total. The number of anilines is 1. The van der Waals surface area contributed by atoms with E-state index in [0.717, 1.165) is 56.4 Å². The molecular formula is C16H26N2OS. The molecule has 0 radical (unpaired) electrons. The van der Waals surface area contributed by atoms with Crippen molar-refractivity contribution < 1.29 is 4.74 Å². The first-order chi connectivity index (χ1) is 9.79. The first-order valence-corrected chi connectivity index (χ1v) is 7.88. The number of hydrogen-bond acceptors (Lipinski definition) is 2. The molecule has 0 heterocycles. The lowest BCUT2D eigenvalue weighted by molar-refractivity contribution is 0.146. The summed E-state index contributed by atoms with van der Waals surface area (Å²) in [4.78, 5) is 2.18. The maximum Gasteiger partial charge on any atom is 0.173 e. The average molecular weight is 294 g/mol. The molecule has 1 aromatic carbocycles. The maximum absolute atomic E-state index is 5.52. The lowest BCUT2D eigenvalue weighted by atomic mass is 10.2. The molecule has 0 spiro atoms. The summed E-state index contributed by atoms with van der Waals surface area (Å²) in [5.74, 6) is 0. The van der Waals surface area contributed by atoms with E-state index < -0.39 is 0 Å². The Morgan fingerprint density at radius 3 is 2.60 bits per heavy atom. The van der Waals surface area contributed by atoms with Crippen LogP contribution in [0.1, 0.15) is 33.1 Å². The highest BCUT2D eigenvalue weighted by atomic mass is 32.1. The fourth-order valence-electron chi connectivity index (χ4n) is 1.88. The summed E-state index contributed by atoms with van der Waals surface area (Å²) in [6.45, 7) is 7.58. The summed E-state index contributed by atoms with van der Waals surface area (Å²) in [5, 5.41) is 4.13. The van der Waals surface area contributed by atoms with Crippen molar-refractivity contribution in [3.05, 3.63) is 30.3 Å². The molecule has 0 aliphatic rings. The highest BCUT2D eigenvalue weighted by Gasteiger charge is 2.10. The standard InChI is InChI=1S/C16H26N2OS/c1-3-5-13-18(15-10-7-6-8-11-15)16(20)17-12-9-14-19-4-2/h6-8,10-11H,3-5,9,12-14H2,1-2H3,(H,17,20). The van der Waals surface area contributed by atoms with E-state index in [0.29, 0.717) is 0 Å². The van der Waals surface area contributed by atoms with Crippen molar-refractivity contribution in [2.45, 2.75) is 33.1 Å². The van der Waals surface area contributed by atoms with Gasteiger partial charge in [-0.1, -0.05) is 31.5 Å². The monoisotopic (exact) mass is 294 g/mol. The molecule has 0 aliphatic heterocycles. The molecule has 0 fully saturated rings. The quantitative estimate of drug-likeness (QED) is 0.555. The van der Waals surface area contributed by atoms with Gasteiger partial charge in [-0.05, 0) is 44.1 Å². The van der Waals surface area contributed by atoms with Crippen molar-refractivity contribution in [1.82, 2.24) is 5.32 Å². The molecule has 20 heavy (non-hydrogen) atoms. The van der Waals surface area contributed by atoms with Crippen molar-refractivity contribution in [3.63, 3.8) is 0 Å². The summed E-state index contributed by atoms with van der Waals surface area (Å²) in [6, 6.07) is 10.3. The number of nitrogens with one attached hydrogen (secondary N) is 1. The number of ether oxygens (including phenoxy) is 1. The van der Waals surface area contributed by atoms with Crippen LogP contribution in [0.4, 0.5) is 5.69 Å². The predicted molar refractivity (Wildman–Crippen MR) is 90.4 cm³/mol. The minimum atomic E-state index is 0.775. The third kappa shape index (κ3) is 6.35. The molecule has 4 heteroatoms. The van der Waals surface area contributed by atoms with Crippen LogP contribution >= 0.6 is 12.2 Å². The number of unbranched alkanes of at least 4 members (excludes halogenated alkanes) is 1. The zero-order valence-electron chi connectivity index (χ0n) is 12.6. The van der Waals surface area contributed by atoms with Gasteiger partial charge in [-0.2, -0.15) is 0 Å². The maximum atomic E-state index is 5.52. The van der Waals surface area contributed by atoms with Gasteiger partial charge in [0.2, 0.25) is 0 Å². The molecule has 0 bridgehead atoms. The highest BCUT2D eigenvalue weighted by molar-refractivity contribution is 7.80. The van der Waals surface area contributed by atoms with Gasteiger partial charge < -0.3 is 15.0 Å². The van der Waals surface area contributed by atoms with Crippen molar-refractivity contribution in [3.8, 4) is 0 Å². The molecule has 1 aromatic rings. The second-order valence-electron chi connectivity index (χ2n) is 4.62. The van der Waals surface area contributed by atoms with Crippen LogP contribution in [0.25, 0.3) is 0 Å². The summed E-state index contributed by atoms with van der Waals surface area (Å²) < 4.78 is 5.33.